The Hall–Kier alpha value is -1.78. The summed E-state index contributed by atoms with van der Waals surface area (Å²) in [5.74, 6) is 0.847. The first kappa shape index (κ1) is 19.0. The Balaban J connectivity index is 1.98. The molecule has 140 valence electrons. The molecule has 1 atom stereocenters. The Kier molecular flexibility index (Phi) is 5.44. The number of anilines is 1. The van der Waals surface area contributed by atoms with E-state index < -0.39 is 15.4 Å². The zero-order valence-corrected chi connectivity index (χ0v) is 16.0. The summed E-state index contributed by atoms with van der Waals surface area (Å²) < 4.78 is 32.6. The zero-order chi connectivity index (χ0) is 18.9. The topological polar surface area (TPSA) is 93.1 Å². The fourth-order valence-electron chi connectivity index (χ4n) is 2.82. The maximum absolute atomic E-state index is 13.0. The van der Waals surface area contributed by atoms with E-state index in [0.29, 0.717) is 17.9 Å². The van der Waals surface area contributed by atoms with Crippen molar-refractivity contribution in [3.05, 3.63) is 58.8 Å². The molecule has 2 aromatic rings. The Bertz CT molecular complexity index is 885. The molecule has 1 fully saturated rings. The van der Waals surface area contributed by atoms with Gasteiger partial charge in [0.25, 0.3) is 0 Å². The average Bonchev–Trinajstić information content (AvgIpc) is 3.12. The number of nitrogens with zero attached hydrogens (tertiary/aromatic N) is 2. The van der Waals surface area contributed by atoms with Gasteiger partial charge in [0.2, 0.25) is 10.0 Å². The lowest BCUT2D eigenvalue weighted by molar-refractivity contribution is 0.290. The van der Waals surface area contributed by atoms with Crippen LogP contribution in [0.15, 0.2) is 47.4 Å². The number of hydrogen-bond acceptors (Lipinski definition) is 7. The van der Waals surface area contributed by atoms with Gasteiger partial charge in [-0.05, 0) is 36.8 Å². The van der Waals surface area contributed by atoms with Crippen molar-refractivity contribution < 1.29 is 18.4 Å². The Morgan fingerprint density at radius 3 is 2.58 bits per heavy atom. The summed E-state index contributed by atoms with van der Waals surface area (Å²) in [6.45, 7) is 2.26. The number of benzene rings is 2. The van der Waals surface area contributed by atoms with Gasteiger partial charge in [0.1, 0.15) is 5.75 Å². The third-order valence-corrected chi connectivity index (χ3v) is 7.44. The predicted molar refractivity (Wildman–Crippen MR) is 101 cm³/mol. The first-order chi connectivity index (χ1) is 12.3. The first-order valence-corrected chi connectivity index (χ1v) is 10.4. The molecule has 2 aromatic carbocycles. The second-order valence-corrected chi connectivity index (χ2v) is 8.93. The maximum Gasteiger partial charge on any atom is 0.244 e. The minimum Gasteiger partial charge on any atom is -0.733 e. The molecular formula is C17H19N2O5S2-. The molecule has 1 aliphatic rings. The van der Waals surface area contributed by atoms with Crippen LogP contribution in [0.25, 0.3) is 0 Å². The van der Waals surface area contributed by atoms with E-state index in [1.54, 1.807) is 36.4 Å². The fourth-order valence-corrected chi connectivity index (χ4v) is 6.05. The van der Waals surface area contributed by atoms with Crippen molar-refractivity contribution >= 4 is 27.5 Å². The highest BCUT2D eigenvalue weighted by atomic mass is 32.2. The Morgan fingerprint density at radius 1 is 1.27 bits per heavy atom. The molecule has 0 bridgehead atoms. The summed E-state index contributed by atoms with van der Waals surface area (Å²) in [4.78, 5) is 0.233. The normalized spacial score (nSPS) is 18.1. The number of methoxy groups -OCH3 is 1. The summed E-state index contributed by atoms with van der Waals surface area (Å²) in [5.41, 5.74) is 1.52. The molecule has 0 amide bonds. The number of hydrogen-bond donors (Lipinski definition) is 1. The van der Waals surface area contributed by atoms with E-state index >= 15 is 0 Å². The van der Waals surface area contributed by atoms with E-state index in [4.69, 9.17) is 4.74 Å². The van der Waals surface area contributed by atoms with Gasteiger partial charge in [-0.25, -0.2) is 8.42 Å². The molecule has 0 saturated carbocycles. The SMILES string of the molecule is COc1ccc(C2SCCN2S(=O)(=O)c2ccc(C)cc2)cc1N([O-])O. The Labute approximate surface area is 156 Å². The largest absolute Gasteiger partial charge is 0.733 e. The van der Waals surface area contributed by atoms with Crippen LogP contribution in [0, 0.1) is 12.1 Å². The molecule has 1 aliphatic heterocycles. The van der Waals surface area contributed by atoms with Crippen LogP contribution in [0.5, 0.6) is 5.75 Å². The molecule has 3 rings (SSSR count). The van der Waals surface area contributed by atoms with Crippen molar-refractivity contribution in [2.75, 3.05) is 24.6 Å². The van der Waals surface area contributed by atoms with Crippen LogP contribution in [0.4, 0.5) is 5.69 Å². The molecule has 1 unspecified atom stereocenters. The van der Waals surface area contributed by atoms with Crippen LogP contribution in [-0.2, 0) is 10.0 Å². The Morgan fingerprint density at radius 2 is 1.96 bits per heavy atom. The molecule has 26 heavy (non-hydrogen) atoms. The van der Waals surface area contributed by atoms with E-state index in [9.17, 15) is 18.8 Å². The van der Waals surface area contributed by atoms with E-state index in [1.807, 2.05) is 6.92 Å². The minimum atomic E-state index is -3.67. The van der Waals surface area contributed by atoms with Crippen molar-refractivity contribution in [3.8, 4) is 5.75 Å². The summed E-state index contributed by atoms with van der Waals surface area (Å²) >= 11 is 1.47. The van der Waals surface area contributed by atoms with E-state index in [-0.39, 0.29) is 21.6 Å². The first-order valence-electron chi connectivity index (χ1n) is 7.89. The highest BCUT2D eigenvalue weighted by Gasteiger charge is 2.37. The number of aryl methyl sites for hydroxylation is 1. The van der Waals surface area contributed by atoms with Crippen molar-refractivity contribution in [1.29, 1.82) is 0 Å². The average molecular weight is 395 g/mol. The highest BCUT2D eigenvalue weighted by Crippen LogP contribution is 2.43. The summed E-state index contributed by atoms with van der Waals surface area (Å²) in [6, 6.07) is 11.4. The summed E-state index contributed by atoms with van der Waals surface area (Å²) in [6.07, 6.45) is 0. The maximum atomic E-state index is 13.0. The van der Waals surface area contributed by atoms with Gasteiger partial charge in [-0.1, -0.05) is 23.8 Å². The van der Waals surface area contributed by atoms with Gasteiger partial charge in [0, 0.05) is 12.3 Å². The van der Waals surface area contributed by atoms with E-state index in [0.717, 1.165) is 5.56 Å². The molecule has 1 saturated heterocycles. The van der Waals surface area contributed by atoms with Crippen LogP contribution >= 0.6 is 11.8 Å². The van der Waals surface area contributed by atoms with Crippen LogP contribution in [-0.4, -0.2) is 37.3 Å². The number of ether oxygens (including phenoxy) is 1. The lowest BCUT2D eigenvalue weighted by Gasteiger charge is -2.27. The summed E-state index contributed by atoms with van der Waals surface area (Å²) in [5, 5.41) is 19.9. The third kappa shape index (κ3) is 3.53. The van der Waals surface area contributed by atoms with Crippen molar-refractivity contribution in [1.82, 2.24) is 4.31 Å². The second kappa shape index (κ2) is 7.45. The summed E-state index contributed by atoms with van der Waals surface area (Å²) in [7, 11) is -2.29. The van der Waals surface area contributed by atoms with Gasteiger partial charge in [-0.3, -0.25) is 5.21 Å². The molecule has 7 nitrogen and oxygen atoms in total. The molecular weight excluding hydrogens is 376 g/mol. The van der Waals surface area contributed by atoms with Crippen molar-refractivity contribution in [2.24, 2.45) is 0 Å². The number of thioether (sulfide) groups is 1. The molecule has 1 N–H and O–H groups in total. The molecule has 0 spiro atoms. The van der Waals surface area contributed by atoms with Crippen LogP contribution in [0.1, 0.15) is 16.5 Å². The van der Waals surface area contributed by atoms with Crippen LogP contribution < -0.4 is 9.96 Å². The molecule has 1 heterocycles. The number of rotatable bonds is 5. The van der Waals surface area contributed by atoms with E-state index in [2.05, 4.69) is 0 Å². The zero-order valence-electron chi connectivity index (χ0n) is 14.3. The lowest BCUT2D eigenvalue weighted by atomic mass is 10.2. The van der Waals surface area contributed by atoms with Gasteiger partial charge in [0.15, 0.2) is 0 Å². The molecule has 0 aromatic heterocycles. The van der Waals surface area contributed by atoms with Crippen molar-refractivity contribution in [3.63, 3.8) is 0 Å². The van der Waals surface area contributed by atoms with Gasteiger partial charge in [0.05, 0.1) is 23.1 Å². The van der Waals surface area contributed by atoms with Crippen LogP contribution in [0.3, 0.4) is 0 Å². The quantitative estimate of drug-likeness (QED) is 0.778. The fraction of sp³-hybridized carbons (Fsp3) is 0.294. The number of sulfonamides is 1. The second-order valence-electron chi connectivity index (χ2n) is 5.86. The predicted octanol–water partition coefficient (Wildman–Crippen LogP) is 3.13. The highest BCUT2D eigenvalue weighted by molar-refractivity contribution is 8.01. The molecule has 0 radical (unpaired) electrons. The third-order valence-electron chi connectivity index (χ3n) is 4.17. The lowest BCUT2D eigenvalue weighted by Crippen LogP contribution is -2.30. The van der Waals surface area contributed by atoms with Crippen molar-refractivity contribution in [2.45, 2.75) is 17.2 Å². The smallest absolute Gasteiger partial charge is 0.244 e. The molecule has 0 aliphatic carbocycles. The standard InChI is InChI=1S/C17H19N2O5S2/c1-12-3-6-14(7-4-12)26(22,23)18-9-10-25-17(18)13-5-8-16(24-2)15(11-13)19(20)21/h3-8,11,17,20H,9-10H2,1-2H3/q-1. The van der Waals surface area contributed by atoms with E-state index in [1.165, 1.54) is 29.2 Å². The van der Waals surface area contributed by atoms with Crippen LogP contribution in [0.2, 0.25) is 0 Å². The van der Waals surface area contributed by atoms with Gasteiger partial charge < -0.3 is 15.2 Å². The van der Waals surface area contributed by atoms with Gasteiger partial charge in [-0.2, -0.15) is 4.31 Å². The van der Waals surface area contributed by atoms with Gasteiger partial charge in [-0.15, -0.1) is 11.8 Å². The van der Waals surface area contributed by atoms with Gasteiger partial charge >= 0.3 is 0 Å². The molecule has 9 heteroatoms. The minimum absolute atomic E-state index is 0.0646. The monoisotopic (exact) mass is 395 g/mol.